The van der Waals surface area contributed by atoms with Gasteiger partial charge in [0.25, 0.3) is 0 Å². The average Bonchev–Trinajstić information content (AvgIpc) is 3.15. The van der Waals surface area contributed by atoms with E-state index in [1.54, 1.807) is 29.7 Å². The molecule has 1 amide bonds. The molecule has 1 aliphatic rings. The number of aromatic nitrogens is 1. The number of hydrogen-bond donors (Lipinski definition) is 1. The molecule has 3 rings (SSSR count). The van der Waals surface area contributed by atoms with E-state index >= 15 is 0 Å². The van der Waals surface area contributed by atoms with Gasteiger partial charge in [0.2, 0.25) is 15.9 Å². The summed E-state index contributed by atoms with van der Waals surface area (Å²) in [5, 5.41) is 2.85. The summed E-state index contributed by atoms with van der Waals surface area (Å²) in [5.41, 5.74) is 0.990. The zero-order valence-electron chi connectivity index (χ0n) is 14.9. The summed E-state index contributed by atoms with van der Waals surface area (Å²) >= 11 is 0. The molecule has 0 aliphatic carbocycles. The molecule has 1 aliphatic heterocycles. The summed E-state index contributed by atoms with van der Waals surface area (Å²) in [4.78, 5) is 12.5. The number of carbonyl (C=O) groups excluding carboxylic acids is 1. The molecule has 1 aromatic heterocycles. The summed E-state index contributed by atoms with van der Waals surface area (Å²) in [7, 11) is -1.87. The van der Waals surface area contributed by atoms with Crippen molar-refractivity contribution in [1.82, 2.24) is 4.57 Å². The van der Waals surface area contributed by atoms with Crippen LogP contribution in [-0.2, 0) is 14.8 Å². The van der Waals surface area contributed by atoms with Gasteiger partial charge in [0, 0.05) is 24.6 Å². The highest BCUT2D eigenvalue weighted by atomic mass is 32.2. The Balaban J connectivity index is 1.86. The third kappa shape index (κ3) is 3.70. The fraction of sp³-hybridized carbons (Fsp3) is 0.389. The van der Waals surface area contributed by atoms with Crippen LogP contribution in [0.15, 0.2) is 42.7 Å². The molecule has 2 heterocycles. The Morgan fingerprint density at radius 1 is 1.23 bits per heavy atom. The molecule has 1 fully saturated rings. The van der Waals surface area contributed by atoms with Crippen LogP contribution in [0.4, 0.5) is 11.4 Å². The summed E-state index contributed by atoms with van der Waals surface area (Å²) in [6.07, 6.45) is 5.10. The Hall–Kier alpha value is -2.48. The van der Waals surface area contributed by atoms with Crippen molar-refractivity contribution in [3.05, 3.63) is 42.7 Å². The first-order chi connectivity index (χ1) is 12.4. The van der Waals surface area contributed by atoms with Gasteiger partial charge in [-0.2, -0.15) is 0 Å². The highest BCUT2D eigenvalue weighted by molar-refractivity contribution is 7.92. The minimum atomic E-state index is -3.37. The molecule has 1 saturated heterocycles. The Labute approximate surface area is 153 Å². The number of carbonyl (C=O) groups is 1. The number of methoxy groups -OCH3 is 1. The molecule has 1 unspecified atom stereocenters. The second-order valence-electron chi connectivity index (χ2n) is 6.28. The van der Waals surface area contributed by atoms with Gasteiger partial charge in [0.1, 0.15) is 11.8 Å². The van der Waals surface area contributed by atoms with Gasteiger partial charge in [-0.05, 0) is 50.1 Å². The molecule has 0 bridgehead atoms. The first-order valence-electron chi connectivity index (χ1n) is 8.54. The fourth-order valence-corrected chi connectivity index (χ4v) is 4.65. The topological polar surface area (TPSA) is 80.6 Å². The molecule has 1 N–H and O–H groups in total. The Morgan fingerprint density at radius 2 is 1.96 bits per heavy atom. The lowest BCUT2D eigenvalue weighted by Gasteiger charge is -2.29. The molecule has 1 aromatic carbocycles. The maximum atomic E-state index is 12.5. The van der Waals surface area contributed by atoms with Crippen molar-refractivity contribution in [3.63, 3.8) is 0 Å². The van der Waals surface area contributed by atoms with E-state index in [2.05, 4.69) is 5.32 Å². The summed E-state index contributed by atoms with van der Waals surface area (Å²) < 4.78 is 33.4. The zero-order chi connectivity index (χ0) is 18.7. The van der Waals surface area contributed by atoms with Crippen molar-refractivity contribution in [1.29, 1.82) is 0 Å². The molecule has 1 atom stereocenters. The van der Waals surface area contributed by atoms with Gasteiger partial charge in [-0.25, -0.2) is 8.42 Å². The minimum Gasteiger partial charge on any atom is -0.495 e. The molecule has 0 spiro atoms. The van der Waals surface area contributed by atoms with Crippen LogP contribution in [-0.4, -0.2) is 38.3 Å². The third-order valence-electron chi connectivity index (χ3n) is 4.52. The molecule has 0 saturated carbocycles. The van der Waals surface area contributed by atoms with Gasteiger partial charge >= 0.3 is 0 Å². The number of nitrogens with zero attached hydrogens (tertiary/aromatic N) is 2. The average molecular weight is 377 g/mol. The second-order valence-corrected chi connectivity index (χ2v) is 8.29. The lowest BCUT2D eigenvalue weighted by molar-refractivity contribution is -0.118. The van der Waals surface area contributed by atoms with Crippen molar-refractivity contribution < 1.29 is 17.9 Å². The zero-order valence-corrected chi connectivity index (χ0v) is 15.7. The van der Waals surface area contributed by atoms with Crippen molar-refractivity contribution in [2.24, 2.45) is 0 Å². The van der Waals surface area contributed by atoms with Crippen molar-refractivity contribution in [2.45, 2.75) is 25.8 Å². The van der Waals surface area contributed by atoms with Crippen LogP contribution in [0.25, 0.3) is 0 Å². The highest BCUT2D eigenvalue weighted by Gasteiger charge is 2.28. The number of rotatable bonds is 5. The van der Waals surface area contributed by atoms with Gasteiger partial charge in [-0.3, -0.25) is 9.10 Å². The van der Waals surface area contributed by atoms with Crippen LogP contribution in [0, 0.1) is 0 Å². The first kappa shape index (κ1) is 18.3. The van der Waals surface area contributed by atoms with E-state index in [1.807, 2.05) is 24.5 Å². The van der Waals surface area contributed by atoms with E-state index in [1.165, 1.54) is 11.4 Å². The second kappa shape index (κ2) is 7.41. The number of amides is 1. The van der Waals surface area contributed by atoms with Gasteiger partial charge in [-0.1, -0.05) is 0 Å². The lowest BCUT2D eigenvalue weighted by Crippen LogP contribution is -2.38. The lowest BCUT2D eigenvalue weighted by atomic mass is 10.2. The normalized spacial score (nSPS) is 17.5. The number of nitrogens with one attached hydrogen (secondary N) is 1. The molecule has 26 heavy (non-hydrogen) atoms. The Bertz CT molecular complexity index is 878. The van der Waals surface area contributed by atoms with Crippen LogP contribution in [0.3, 0.4) is 0 Å². The first-order valence-corrected chi connectivity index (χ1v) is 10.1. The van der Waals surface area contributed by atoms with Crippen LogP contribution < -0.4 is 14.4 Å². The number of hydrogen-bond acceptors (Lipinski definition) is 4. The van der Waals surface area contributed by atoms with Crippen LogP contribution in [0.1, 0.15) is 25.8 Å². The number of sulfonamides is 1. The van der Waals surface area contributed by atoms with E-state index in [9.17, 15) is 13.2 Å². The molecule has 140 valence electrons. The monoisotopic (exact) mass is 377 g/mol. The van der Waals surface area contributed by atoms with E-state index in [0.717, 1.165) is 6.42 Å². The summed E-state index contributed by atoms with van der Waals surface area (Å²) in [6, 6.07) is 8.37. The highest BCUT2D eigenvalue weighted by Crippen LogP contribution is 2.35. The molecule has 7 nitrogen and oxygen atoms in total. The Morgan fingerprint density at radius 3 is 2.62 bits per heavy atom. The van der Waals surface area contributed by atoms with Gasteiger partial charge in [0.05, 0.1) is 18.6 Å². The smallest absolute Gasteiger partial charge is 0.247 e. The Kier molecular flexibility index (Phi) is 5.22. The quantitative estimate of drug-likeness (QED) is 0.869. The molecular weight excluding hydrogens is 354 g/mol. The molecule has 8 heteroatoms. The molecule has 2 aromatic rings. The van der Waals surface area contributed by atoms with E-state index < -0.39 is 10.0 Å². The van der Waals surface area contributed by atoms with Gasteiger partial charge < -0.3 is 14.6 Å². The maximum Gasteiger partial charge on any atom is 0.247 e. The summed E-state index contributed by atoms with van der Waals surface area (Å²) in [5.74, 6) is 0.406. The summed E-state index contributed by atoms with van der Waals surface area (Å²) in [6.45, 7) is 2.21. The van der Waals surface area contributed by atoms with Gasteiger partial charge in [0.15, 0.2) is 0 Å². The third-order valence-corrected chi connectivity index (χ3v) is 6.37. The van der Waals surface area contributed by atoms with Crippen LogP contribution in [0.5, 0.6) is 5.75 Å². The van der Waals surface area contributed by atoms with Crippen LogP contribution in [0.2, 0.25) is 0 Å². The predicted octanol–water partition coefficient (Wildman–Crippen LogP) is 2.63. The van der Waals surface area contributed by atoms with Gasteiger partial charge in [-0.15, -0.1) is 0 Å². The van der Waals surface area contributed by atoms with E-state index in [4.69, 9.17) is 4.74 Å². The van der Waals surface area contributed by atoms with Crippen molar-refractivity contribution in [2.75, 3.05) is 29.0 Å². The predicted molar refractivity (Wildman–Crippen MR) is 101 cm³/mol. The van der Waals surface area contributed by atoms with E-state index in [-0.39, 0.29) is 17.7 Å². The number of anilines is 2. The van der Waals surface area contributed by atoms with Crippen molar-refractivity contribution >= 4 is 27.3 Å². The molecule has 0 radical (unpaired) electrons. The SMILES string of the molecule is COc1ccc(NC(=O)C(C)n2cccc2)cc1N1CCCCS1(=O)=O. The van der Waals surface area contributed by atoms with Crippen molar-refractivity contribution in [3.8, 4) is 5.75 Å². The standard InChI is InChI=1S/C18H23N3O4S/c1-14(20-9-3-4-10-20)18(22)19-15-7-8-17(25-2)16(13-15)21-11-5-6-12-26(21,23)24/h3-4,7-10,13-14H,5-6,11-12H2,1-2H3,(H,19,22). The fourth-order valence-electron chi connectivity index (χ4n) is 3.01. The number of ether oxygens (including phenoxy) is 1. The largest absolute Gasteiger partial charge is 0.495 e. The minimum absolute atomic E-state index is 0.122. The number of benzene rings is 1. The molecular formula is C18H23N3O4S. The van der Waals surface area contributed by atoms with E-state index in [0.29, 0.717) is 30.1 Å². The maximum absolute atomic E-state index is 12.5. The van der Waals surface area contributed by atoms with Crippen LogP contribution >= 0.6 is 0 Å².